The van der Waals surface area contributed by atoms with Crippen LogP contribution in [0.15, 0.2) is 16.6 Å². The second-order valence-electron chi connectivity index (χ2n) is 4.13. The van der Waals surface area contributed by atoms with E-state index < -0.39 is 0 Å². The molecule has 104 valence electrons. The van der Waals surface area contributed by atoms with Gasteiger partial charge in [-0.15, -0.1) is 0 Å². The van der Waals surface area contributed by atoms with Crippen LogP contribution in [0.4, 0.5) is 5.69 Å². The zero-order chi connectivity index (χ0) is 13.7. The van der Waals surface area contributed by atoms with Gasteiger partial charge in [-0.25, -0.2) is 0 Å². The first kappa shape index (κ1) is 14.1. The molecule has 0 fully saturated rings. The smallest absolute Gasteiger partial charge is 0.225 e. The van der Waals surface area contributed by atoms with Gasteiger partial charge in [-0.2, -0.15) is 0 Å². The Balaban J connectivity index is 2.01. The monoisotopic (exact) mass is 328 g/mol. The molecule has 1 aliphatic heterocycles. The molecule has 0 saturated heterocycles. The largest absolute Gasteiger partial charge is 0.486 e. The molecule has 0 radical (unpaired) electrons. The third-order valence-corrected chi connectivity index (χ3v) is 3.34. The van der Waals surface area contributed by atoms with E-state index in [1.54, 1.807) is 6.07 Å². The van der Waals surface area contributed by atoms with Crippen LogP contribution in [-0.4, -0.2) is 32.2 Å². The zero-order valence-corrected chi connectivity index (χ0v) is 12.4. The molecule has 0 aliphatic carbocycles. The van der Waals surface area contributed by atoms with Gasteiger partial charge in [-0.1, -0.05) is 6.92 Å². The molecule has 0 atom stereocenters. The van der Waals surface area contributed by atoms with Crippen LogP contribution in [0.5, 0.6) is 11.5 Å². The van der Waals surface area contributed by atoms with E-state index in [2.05, 4.69) is 26.6 Å². The van der Waals surface area contributed by atoms with Gasteiger partial charge in [0.25, 0.3) is 0 Å². The van der Waals surface area contributed by atoms with Crippen molar-refractivity contribution in [2.75, 3.05) is 31.6 Å². The van der Waals surface area contributed by atoms with Gasteiger partial charge in [-0.3, -0.25) is 4.79 Å². The second kappa shape index (κ2) is 6.77. The number of hydrogen-bond acceptors (Lipinski definition) is 4. The van der Waals surface area contributed by atoms with Crippen molar-refractivity contribution in [3.8, 4) is 11.5 Å². The highest BCUT2D eigenvalue weighted by Crippen LogP contribution is 2.38. The molecule has 0 saturated carbocycles. The van der Waals surface area contributed by atoms with Gasteiger partial charge in [0, 0.05) is 29.6 Å². The van der Waals surface area contributed by atoms with E-state index in [0.29, 0.717) is 43.4 Å². The second-order valence-corrected chi connectivity index (χ2v) is 4.98. The van der Waals surface area contributed by atoms with Crippen molar-refractivity contribution in [2.24, 2.45) is 0 Å². The maximum atomic E-state index is 11.8. The van der Waals surface area contributed by atoms with Gasteiger partial charge in [0.05, 0.1) is 5.69 Å². The van der Waals surface area contributed by atoms with Crippen molar-refractivity contribution in [3.63, 3.8) is 0 Å². The molecular weight excluding hydrogens is 312 g/mol. The number of halogens is 1. The normalized spacial score (nSPS) is 13.2. The highest BCUT2D eigenvalue weighted by Gasteiger charge is 2.15. The molecule has 0 spiro atoms. The molecule has 1 aromatic carbocycles. The molecule has 0 aromatic heterocycles. The summed E-state index contributed by atoms with van der Waals surface area (Å²) in [6.07, 6.45) is 0.439. The number of carbonyl (C=O) groups is 1. The number of benzene rings is 1. The van der Waals surface area contributed by atoms with E-state index in [1.165, 1.54) is 0 Å². The van der Waals surface area contributed by atoms with E-state index in [4.69, 9.17) is 9.47 Å². The lowest BCUT2D eigenvalue weighted by Crippen LogP contribution is -2.21. The summed E-state index contributed by atoms with van der Waals surface area (Å²) in [4.78, 5) is 11.8. The SMILES string of the molecule is CCNCCC(=O)Nc1cc2c(cc1Br)OCCO2. The Morgan fingerprint density at radius 1 is 1.32 bits per heavy atom. The van der Waals surface area contributed by atoms with E-state index >= 15 is 0 Å². The first-order valence-electron chi connectivity index (χ1n) is 6.30. The standard InChI is InChI=1S/C13H17BrN2O3/c1-2-15-4-3-13(17)16-10-8-12-11(7-9(10)14)18-5-6-19-12/h7-8,15H,2-6H2,1H3,(H,16,17). The quantitative estimate of drug-likeness (QED) is 0.813. The van der Waals surface area contributed by atoms with Gasteiger partial charge >= 0.3 is 0 Å². The summed E-state index contributed by atoms with van der Waals surface area (Å²) in [6, 6.07) is 3.60. The van der Waals surface area contributed by atoms with Crippen LogP contribution < -0.4 is 20.1 Å². The average Bonchev–Trinajstić information content (AvgIpc) is 2.40. The predicted octanol–water partition coefficient (Wildman–Crippen LogP) is 2.16. The number of rotatable bonds is 5. The Morgan fingerprint density at radius 3 is 2.68 bits per heavy atom. The number of carbonyl (C=O) groups excluding carboxylic acids is 1. The highest BCUT2D eigenvalue weighted by molar-refractivity contribution is 9.10. The van der Waals surface area contributed by atoms with Crippen molar-refractivity contribution in [3.05, 3.63) is 16.6 Å². The Kier molecular flexibility index (Phi) is 5.04. The molecule has 0 unspecified atom stereocenters. The van der Waals surface area contributed by atoms with Crippen molar-refractivity contribution >= 4 is 27.5 Å². The summed E-state index contributed by atoms with van der Waals surface area (Å²) in [5.74, 6) is 1.33. The van der Waals surface area contributed by atoms with E-state index in [9.17, 15) is 4.79 Å². The first-order chi connectivity index (χ1) is 9.20. The topological polar surface area (TPSA) is 59.6 Å². The summed E-state index contributed by atoms with van der Waals surface area (Å²) in [6.45, 7) is 4.62. The molecule has 5 nitrogen and oxygen atoms in total. The van der Waals surface area contributed by atoms with Gasteiger partial charge < -0.3 is 20.1 Å². The minimum absolute atomic E-state index is 0.0293. The van der Waals surface area contributed by atoms with Crippen LogP contribution in [0, 0.1) is 0 Å². The molecule has 2 N–H and O–H groups in total. The molecule has 19 heavy (non-hydrogen) atoms. The minimum Gasteiger partial charge on any atom is -0.486 e. The van der Waals surface area contributed by atoms with Gasteiger partial charge in [0.1, 0.15) is 13.2 Å². The highest BCUT2D eigenvalue weighted by atomic mass is 79.9. The molecule has 6 heteroatoms. The van der Waals surface area contributed by atoms with Crippen molar-refractivity contribution < 1.29 is 14.3 Å². The van der Waals surface area contributed by atoms with Crippen LogP contribution in [-0.2, 0) is 4.79 Å². The number of ether oxygens (including phenoxy) is 2. The maximum absolute atomic E-state index is 11.8. The molecule has 1 aliphatic rings. The van der Waals surface area contributed by atoms with Gasteiger partial charge in [0.2, 0.25) is 5.91 Å². The molecule has 1 amide bonds. The van der Waals surface area contributed by atoms with Crippen molar-refractivity contribution in [2.45, 2.75) is 13.3 Å². The molecule has 0 bridgehead atoms. The number of hydrogen-bond donors (Lipinski definition) is 2. The lowest BCUT2D eigenvalue weighted by Gasteiger charge is -2.20. The fraction of sp³-hybridized carbons (Fsp3) is 0.462. The zero-order valence-electron chi connectivity index (χ0n) is 10.8. The van der Waals surface area contributed by atoms with Crippen LogP contribution in [0.1, 0.15) is 13.3 Å². The minimum atomic E-state index is -0.0293. The predicted molar refractivity (Wildman–Crippen MR) is 76.9 cm³/mol. The molecule has 1 heterocycles. The van der Waals surface area contributed by atoms with Gasteiger partial charge in [0.15, 0.2) is 11.5 Å². The summed E-state index contributed by atoms with van der Waals surface area (Å²) in [5, 5.41) is 5.97. The number of fused-ring (bicyclic) bond motifs is 1. The summed E-state index contributed by atoms with van der Waals surface area (Å²) < 4.78 is 11.7. The molecular formula is C13H17BrN2O3. The van der Waals surface area contributed by atoms with Crippen molar-refractivity contribution in [1.82, 2.24) is 5.32 Å². The summed E-state index contributed by atoms with van der Waals surface area (Å²) in [7, 11) is 0. The van der Waals surface area contributed by atoms with E-state index in [-0.39, 0.29) is 5.91 Å². The fourth-order valence-corrected chi connectivity index (χ4v) is 2.17. The van der Waals surface area contributed by atoms with Gasteiger partial charge in [-0.05, 0) is 22.5 Å². The molecule has 1 aromatic rings. The van der Waals surface area contributed by atoms with Crippen LogP contribution >= 0.6 is 15.9 Å². The van der Waals surface area contributed by atoms with E-state index in [1.807, 2.05) is 13.0 Å². The fourth-order valence-electron chi connectivity index (χ4n) is 1.75. The Labute approximate surface area is 120 Å². The maximum Gasteiger partial charge on any atom is 0.225 e. The first-order valence-corrected chi connectivity index (χ1v) is 7.09. The average molecular weight is 329 g/mol. The Bertz CT molecular complexity index is 465. The van der Waals surface area contributed by atoms with Crippen molar-refractivity contribution in [1.29, 1.82) is 0 Å². The summed E-state index contributed by atoms with van der Waals surface area (Å²) >= 11 is 3.42. The Hall–Kier alpha value is -1.27. The third-order valence-electron chi connectivity index (χ3n) is 2.68. The lowest BCUT2D eigenvalue weighted by atomic mass is 10.2. The molecule has 2 rings (SSSR count). The third kappa shape index (κ3) is 3.84. The van der Waals surface area contributed by atoms with Crippen LogP contribution in [0.3, 0.4) is 0 Å². The number of nitrogens with one attached hydrogen (secondary N) is 2. The summed E-state index contributed by atoms with van der Waals surface area (Å²) in [5.41, 5.74) is 0.700. The Morgan fingerprint density at radius 2 is 2.00 bits per heavy atom. The number of amides is 1. The van der Waals surface area contributed by atoms with Crippen LogP contribution in [0.2, 0.25) is 0 Å². The van der Waals surface area contributed by atoms with Crippen LogP contribution in [0.25, 0.3) is 0 Å². The van der Waals surface area contributed by atoms with E-state index in [0.717, 1.165) is 11.0 Å². The lowest BCUT2D eigenvalue weighted by molar-refractivity contribution is -0.116. The number of anilines is 1.